The summed E-state index contributed by atoms with van der Waals surface area (Å²) in [5, 5.41) is 6.96. The fraction of sp³-hybridized carbons (Fsp3) is 0.300. The van der Waals surface area contributed by atoms with Gasteiger partial charge in [0, 0.05) is 5.56 Å². The summed E-state index contributed by atoms with van der Waals surface area (Å²) >= 11 is 3.34. The molecule has 2 heterocycles. The van der Waals surface area contributed by atoms with E-state index in [2.05, 4.69) is 40.0 Å². The van der Waals surface area contributed by atoms with E-state index in [9.17, 15) is 0 Å². The summed E-state index contributed by atoms with van der Waals surface area (Å²) in [6.45, 7) is 4.16. The molecular formula is C10H12BrN3O. The highest BCUT2D eigenvalue weighted by molar-refractivity contribution is 9.10. The zero-order valence-corrected chi connectivity index (χ0v) is 10.1. The van der Waals surface area contributed by atoms with Gasteiger partial charge in [-0.3, -0.25) is 5.10 Å². The number of nitrogens with zero attached hydrogens (tertiary/aromatic N) is 1. The van der Waals surface area contributed by atoms with Gasteiger partial charge in [0.25, 0.3) is 0 Å². The van der Waals surface area contributed by atoms with E-state index in [1.54, 1.807) is 6.26 Å². The monoisotopic (exact) mass is 269 g/mol. The third kappa shape index (κ3) is 1.67. The molecule has 80 valence electrons. The van der Waals surface area contributed by atoms with E-state index in [1.165, 1.54) is 0 Å². The Morgan fingerprint density at radius 3 is 2.80 bits per heavy atom. The second-order valence-electron chi connectivity index (χ2n) is 3.66. The van der Waals surface area contributed by atoms with Crippen LogP contribution in [0.3, 0.4) is 0 Å². The van der Waals surface area contributed by atoms with Gasteiger partial charge in [0.1, 0.15) is 5.82 Å². The largest absolute Gasteiger partial charge is 0.457 e. The molecule has 0 unspecified atom stereocenters. The van der Waals surface area contributed by atoms with Crippen LogP contribution in [0.2, 0.25) is 0 Å². The number of aromatic nitrogens is 2. The number of hydrogen-bond donors (Lipinski definition) is 2. The van der Waals surface area contributed by atoms with Crippen molar-refractivity contribution in [2.24, 2.45) is 0 Å². The standard InChI is InChI=1S/C10H12BrN3O/c1-5(2)7-8(13-14-10(7)12)6-3-4-15-9(6)11/h3-5H,1-2H3,(H3,12,13,14). The Morgan fingerprint density at radius 1 is 1.53 bits per heavy atom. The molecular weight excluding hydrogens is 258 g/mol. The molecule has 0 spiro atoms. The van der Waals surface area contributed by atoms with E-state index in [1.807, 2.05) is 6.07 Å². The Bertz CT molecular complexity index is 473. The van der Waals surface area contributed by atoms with Crippen LogP contribution in [0, 0.1) is 0 Å². The number of anilines is 1. The SMILES string of the molecule is CC(C)c1c(N)n[nH]c1-c1ccoc1Br. The summed E-state index contributed by atoms with van der Waals surface area (Å²) in [7, 11) is 0. The second kappa shape index (κ2) is 3.73. The van der Waals surface area contributed by atoms with Crippen LogP contribution in [0.1, 0.15) is 25.3 Å². The number of nitrogen functional groups attached to an aromatic ring is 1. The van der Waals surface area contributed by atoms with Crippen LogP contribution in [0.4, 0.5) is 5.82 Å². The lowest BCUT2D eigenvalue weighted by molar-refractivity contribution is 0.542. The summed E-state index contributed by atoms with van der Waals surface area (Å²) < 4.78 is 5.88. The molecule has 0 saturated carbocycles. The minimum Gasteiger partial charge on any atom is -0.457 e. The number of aromatic amines is 1. The summed E-state index contributed by atoms with van der Waals surface area (Å²) in [6, 6.07) is 1.88. The van der Waals surface area contributed by atoms with Crippen molar-refractivity contribution >= 4 is 21.7 Å². The fourth-order valence-electron chi connectivity index (χ4n) is 1.63. The maximum atomic E-state index is 5.81. The smallest absolute Gasteiger partial charge is 0.178 e. The fourth-order valence-corrected chi connectivity index (χ4v) is 2.07. The van der Waals surface area contributed by atoms with Crippen LogP contribution in [-0.4, -0.2) is 10.2 Å². The molecule has 0 radical (unpaired) electrons. The minimum atomic E-state index is 0.320. The molecule has 0 aliphatic rings. The third-order valence-electron chi connectivity index (χ3n) is 2.30. The maximum Gasteiger partial charge on any atom is 0.178 e. The molecule has 3 N–H and O–H groups in total. The Balaban J connectivity index is 2.59. The van der Waals surface area contributed by atoms with E-state index in [0.29, 0.717) is 16.4 Å². The second-order valence-corrected chi connectivity index (χ2v) is 4.38. The topological polar surface area (TPSA) is 67.8 Å². The number of rotatable bonds is 2. The van der Waals surface area contributed by atoms with E-state index in [0.717, 1.165) is 16.8 Å². The molecule has 0 aromatic carbocycles. The number of nitrogens with two attached hydrogens (primary N) is 1. The van der Waals surface area contributed by atoms with Crippen molar-refractivity contribution in [1.29, 1.82) is 0 Å². The molecule has 2 aromatic rings. The van der Waals surface area contributed by atoms with Gasteiger partial charge in [0.15, 0.2) is 4.67 Å². The Kier molecular flexibility index (Phi) is 2.56. The Hall–Kier alpha value is -1.23. The molecule has 0 bridgehead atoms. The zero-order chi connectivity index (χ0) is 11.0. The molecule has 0 amide bonds. The van der Waals surface area contributed by atoms with Gasteiger partial charge in [0.2, 0.25) is 0 Å². The number of halogens is 1. The van der Waals surface area contributed by atoms with Gasteiger partial charge in [-0.1, -0.05) is 13.8 Å². The van der Waals surface area contributed by atoms with Gasteiger partial charge in [0.05, 0.1) is 17.5 Å². The first kappa shape index (κ1) is 10.3. The van der Waals surface area contributed by atoms with Gasteiger partial charge in [-0.05, 0) is 27.9 Å². The number of H-pyrrole nitrogens is 1. The van der Waals surface area contributed by atoms with Gasteiger partial charge in [-0.25, -0.2) is 0 Å². The van der Waals surface area contributed by atoms with Crippen LogP contribution in [-0.2, 0) is 0 Å². The van der Waals surface area contributed by atoms with E-state index < -0.39 is 0 Å². The third-order valence-corrected chi connectivity index (χ3v) is 2.91. The summed E-state index contributed by atoms with van der Waals surface area (Å²) in [6.07, 6.45) is 1.63. The highest BCUT2D eigenvalue weighted by atomic mass is 79.9. The van der Waals surface area contributed by atoms with Crippen LogP contribution >= 0.6 is 15.9 Å². The van der Waals surface area contributed by atoms with Gasteiger partial charge < -0.3 is 10.2 Å². The number of furan rings is 1. The van der Waals surface area contributed by atoms with Gasteiger partial charge >= 0.3 is 0 Å². The number of nitrogens with one attached hydrogen (secondary N) is 1. The molecule has 5 heteroatoms. The molecule has 0 saturated heterocycles. The molecule has 0 aliphatic heterocycles. The van der Waals surface area contributed by atoms with Crippen molar-refractivity contribution in [1.82, 2.24) is 10.2 Å². The average molecular weight is 270 g/mol. The lowest BCUT2D eigenvalue weighted by Crippen LogP contribution is -1.94. The van der Waals surface area contributed by atoms with Crippen molar-refractivity contribution in [3.63, 3.8) is 0 Å². The molecule has 0 fully saturated rings. The lowest BCUT2D eigenvalue weighted by Gasteiger charge is -2.05. The van der Waals surface area contributed by atoms with Gasteiger partial charge in [-0.15, -0.1) is 0 Å². The normalized spacial score (nSPS) is 11.2. The van der Waals surface area contributed by atoms with Crippen molar-refractivity contribution in [3.8, 4) is 11.3 Å². The summed E-state index contributed by atoms with van der Waals surface area (Å²) in [5.41, 5.74) is 8.70. The predicted molar refractivity (Wildman–Crippen MR) is 62.5 cm³/mol. The van der Waals surface area contributed by atoms with Crippen molar-refractivity contribution in [2.45, 2.75) is 19.8 Å². The van der Waals surface area contributed by atoms with E-state index in [4.69, 9.17) is 10.2 Å². The highest BCUT2D eigenvalue weighted by Crippen LogP contribution is 2.35. The van der Waals surface area contributed by atoms with Crippen LogP contribution in [0.5, 0.6) is 0 Å². The predicted octanol–water partition coefficient (Wildman–Crippen LogP) is 3.14. The Labute approximate surface area is 96.0 Å². The van der Waals surface area contributed by atoms with Crippen LogP contribution in [0.15, 0.2) is 21.4 Å². The molecule has 2 aromatic heterocycles. The highest BCUT2D eigenvalue weighted by Gasteiger charge is 2.18. The molecule has 4 nitrogen and oxygen atoms in total. The van der Waals surface area contributed by atoms with Crippen molar-refractivity contribution < 1.29 is 4.42 Å². The first-order valence-corrected chi connectivity index (χ1v) is 5.47. The minimum absolute atomic E-state index is 0.320. The quantitative estimate of drug-likeness (QED) is 0.880. The van der Waals surface area contributed by atoms with E-state index >= 15 is 0 Å². The molecule has 0 aliphatic carbocycles. The summed E-state index contributed by atoms with van der Waals surface area (Å²) in [4.78, 5) is 0. The van der Waals surface area contributed by atoms with Crippen LogP contribution in [0.25, 0.3) is 11.3 Å². The average Bonchev–Trinajstić information content (AvgIpc) is 2.71. The van der Waals surface area contributed by atoms with Crippen LogP contribution < -0.4 is 5.73 Å². The molecule has 0 atom stereocenters. The van der Waals surface area contributed by atoms with E-state index in [-0.39, 0.29) is 0 Å². The lowest BCUT2D eigenvalue weighted by atomic mass is 10.0. The zero-order valence-electron chi connectivity index (χ0n) is 8.54. The first-order chi connectivity index (χ1) is 7.11. The Morgan fingerprint density at radius 2 is 2.27 bits per heavy atom. The summed E-state index contributed by atoms with van der Waals surface area (Å²) in [5.74, 6) is 0.869. The van der Waals surface area contributed by atoms with Crippen molar-refractivity contribution in [2.75, 3.05) is 5.73 Å². The first-order valence-electron chi connectivity index (χ1n) is 4.68. The van der Waals surface area contributed by atoms with Gasteiger partial charge in [-0.2, -0.15) is 5.10 Å². The molecule has 2 rings (SSSR count). The van der Waals surface area contributed by atoms with Crippen molar-refractivity contribution in [3.05, 3.63) is 22.6 Å². The molecule has 15 heavy (non-hydrogen) atoms. The number of hydrogen-bond acceptors (Lipinski definition) is 3. The maximum absolute atomic E-state index is 5.81.